The van der Waals surface area contributed by atoms with Crippen LogP contribution in [0.25, 0.3) is 11.0 Å². The lowest BCUT2D eigenvalue weighted by atomic mass is 9.74. The molecular weight excluding hydrogens is 640 g/mol. The first-order valence-electron chi connectivity index (χ1n) is 17.2. The van der Waals surface area contributed by atoms with Crippen LogP contribution in [0.3, 0.4) is 0 Å². The SMILES string of the molecule is CC(C)[C@H](CO)N1C(=O)[C@H]2[C@@H]3C(=O)O[C@H](c4ccccc4)[C@@H](C)NC(=O)CC/C=C\CN(Cn4nnc5ccccc54)C(=O)[C@H]1[C@@]21C=C[C@@H]3O1. The Morgan fingerprint density at radius 3 is 2.54 bits per heavy atom. The zero-order valence-electron chi connectivity index (χ0n) is 28.3. The number of rotatable bonds is 6. The number of hydrogen-bond acceptors (Lipinski definition) is 9. The van der Waals surface area contributed by atoms with E-state index in [1.807, 2.05) is 80.6 Å². The topological polar surface area (TPSA) is 156 Å². The zero-order valence-corrected chi connectivity index (χ0v) is 28.3. The van der Waals surface area contributed by atoms with Gasteiger partial charge in [0.25, 0.3) is 5.91 Å². The van der Waals surface area contributed by atoms with Gasteiger partial charge in [-0.3, -0.25) is 19.2 Å². The molecule has 4 aliphatic rings. The molecule has 13 heteroatoms. The van der Waals surface area contributed by atoms with Crippen LogP contribution in [0, 0.1) is 17.8 Å². The number of esters is 1. The second kappa shape index (κ2) is 13.4. The maximum absolute atomic E-state index is 15.1. The van der Waals surface area contributed by atoms with Crippen LogP contribution in [0.4, 0.5) is 0 Å². The lowest BCUT2D eigenvalue weighted by molar-refractivity contribution is -0.162. The number of cyclic esters (lactones) is 1. The van der Waals surface area contributed by atoms with Crippen molar-refractivity contribution < 1.29 is 33.8 Å². The highest BCUT2D eigenvalue weighted by atomic mass is 16.6. The van der Waals surface area contributed by atoms with Crippen LogP contribution in [0.2, 0.25) is 0 Å². The first-order chi connectivity index (χ1) is 24.1. The van der Waals surface area contributed by atoms with Gasteiger partial charge < -0.3 is 29.7 Å². The van der Waals surface area contributed by atoms with E-state index in [0.717, 1.165) is 5.52 Å². The van der Waals surface area contributed by atoms with Crippen molar-refractivity contribution in [2.45, 2.75) is 76.2 Å². The minimum atomic E-state index is -1.48. The van der Waals surface area contributed by atoms with Crippen LogP contribution in [0.5, 0.6) is 0 Å². The molecule has 1 spiro atoms. The highest BCUT2D eigenvalue weighted by Crippen LogP contribution is 2.56. The van der Waals surface area contributed by atoms with Crippen LogP contribution >= 0.6 is 0 Å². The molecule has 262 valence electrons. The number of likely N-dealkylation sites (tertiary alicyclic amines) is 1. The van der Waals surface area contributed by atoms with Crippen molar-refractivity contribution in [1.29, 1.82) is 0 Å². The largest absolute Gasteiger partial charge is 0.455 e. The van der Waals surface area contributed by atoms with Gasteiger partial charge in [0.05, 0.1) is 36.2 Å². The molecule has 5 heterocycles. The van der Waals surface area contributed by atoms with Crippen molar-refractivity contribution in [2.75, 3.05) is 13.2 Å². The van der Waals surface area contributed by atoms with E-state index in [1.54, 1.807) is 28.7 Å². The summed E-state index contributed by atoms with van der Waals surface area (Å²) >= 11 is 0. The minimum Gasteiger partial charge on any atom is -0.455 e. The number of nitrogens with one attached hydrogen (secondary N) is 1. The van der Waals surface area contributed by atoms with Gasteiger partial charge in [0.15, 0.2) is 0 Å². The maximum Gasteiger partial charge on any atom is 0.313 e. The average molecular weight is 683 g/mol. The quantitative estimate of drug-likeness (QED) is 0.295. The van der Waals surface area contributed by atoms with Gasteiger partial charge in [0.1, 0.15) is 35.9 Å². The average Bonchev–Trinajstić information content (AvgIpc) is 3.86. The Morgan fingerprint density at radius 2 is 1.78 bits per heavy atom. The van der Waals surface area contributed by atoms with Crippen LogP contribution < -0.4 is 5.32 Å². The zero-order chi connectivity index (χ0) is 35.2. The summed E-state index contributed by atoms with van der Waals surface area (Å²) in [6.45, 7) is 5.28. The number of allylic oxidation sites excluding steroid dienone is 1. The minimum absolute atomic E-state index is 0.00377. The first kappa shape index (κ1) is 33.6. The number of fused-ring (bicyclic) bond motifs is 3. The van der Waals surface area contributed by atoms with Crippen LogP contribution in [-0.4, -0.2) is 96.6 Å². The number of aliphatic hydroxyl groups is 1. The monoisotopic (exact) mass is 682 g/mol. The fourth-order valence-electron chi connectivity index (χ4n) is 7.95. The molecule has 4 aliphatic heterocycles. The number of carbonyl (C=O) groups excluding carboxylic acids is 4. The molecule has 0 saturated carbocycles. The van der Waals surface area contributed by atoms with Crippen molar-refractivity contribution in [3.05, 3.63) is 84.5 Å². The number of hydrogen-bond donors (Lipinski definition) is 2. The van der Waals surface area contributed by atoms with Gasteiger partial charge in [0, 0.05) is 13.0 Å². The number of aromatic nitrogens is 3. The van der Waals surface area contributed by atoms with Gasteiger partial charge in [-0.2, -0.15) is 0 Å². The molecule has 0 aliphatic carbocycles. The van der Waals surface area contributed by atoms with E-state index in [0.29, 0.717) is 17.5 Å². The molecule has 3 amide bonds. The normalized spacial score (nSPS) is 31.3. The molecule has 2 N–H and O–H groups in total. The fourth-order valence-corrected chi connectivity index (χ4v) is 7.95. The first-order valence-corrected chi connectivity index (χ1v) is 17.2. The van der Waals surface area contributed by atoms with Crippen LogP contribution in [0.15, 0.2) is 78.9 Å². The maximum atomic E-state index is 15.1. The van der Waals surface area contributed by atoms with E-state index in [4.69, 9.17) is 9.47 Å². The molecule has 5 bridgehead atoms. The third kappa shape index (κ3) is 5.67. The van der Waals surface area contributed by atoms with E-state index < -0.39 is 65.6 Å². The second-order valence-corrected chi connectivity index (χ2v) is 13.9. The number of amides is 3. The van der Waals surface area contributed by atoms with Gasteiger partial charge in [-0.1, -0.05) is 85.8 Å². The van der Waals surface area contributed by atoms with Crippen LogP contribution in [0.1, 0.15) is 45.3 Å². The van der Waals surface area contributed by atoms with Gasteiger partial charge in [-0.05, 0) is 37.0 Å². The predicted molar refractivity (Wildman–Crippen MR) is 181 cm³/mol. The number of para-hydroxylation sites is 1. The molecule has 2 fully saturated rings. The third-order valence-electron chi connectivity index (χ3n) is 10.4. The van der Waals surface area contributed by atoms with E-state index >= 15 is 4.79 Å². The lowest BCUT2D eigenvalue weighted by Crippen LogP contribution is -2.59. The lowest BCUT2D eigenvalue weighted by Gasteiger charge is -2.39. The van der Waals surface area contributed by atoms with E-state index in [2.05, 4.69) is 15.6 Å². The highest BCUT2D eigenvalue weighted by Gasteiger charge is 2.74. The molecule has 7 rings (SSSR count). The molecule has 50 heavy (non-hydrogen) atoms. The van der Waals surface area contributed by atoms with Gasteiger partial charge >= 0.3 is 5.97 Å². The molecule has 2 aromatic carbocycles. The second-order valence-electron chi connectivity index (χ2n) is 13.9. The summed E-state index contributed by atoms with van der Waals surface area (Å²) in [7, 11) is 0. The number of nitrogens with zero attached hydrogens (tertiary/aromatic N) is 5. The number of ether oxygens (including phenoxy) is 2. The number of benzene rings is 2. The summed E-state index contributed by atoms with van der Waals surface area (Å²) in [6.07, 6.45) is 6.06. The third-order valence-corrected chi connectivity index (χ3v) is 10.4. The molecule has 0 radical (unpaired) electrons. The summed E-state index contributed by atoms with van der Waals surface area (Å²) in [4.78, 5) is 60.1. The molecule has 0 unspecified atom stereocenters. The molecule has 1 aromatic heterocycles. The smallest absolute Gasteiger partial charge is 0.313 e. The molecule has 13 nitrogen and oxygen atoms in total. The summed E-state index contributed by atoms with van der Waals surface area (Å²) < 4.78 is 14.4. The van der Waals surface area contributed by atoms with Crippen molar-refractivity contribution >= 4 is 34.7 Å². The Hall–Kier alpha value is -4.88. The van der Waals surface area contributed by atoms with E-state index in [1.165, 1.54) is 4.90 Å². The molecule has 2 saturated heterocycles. The number of carbonyl (C=O) groups is 4. The van der Waals surface area contributed by atoms with Crippen molar-refractivity contribution in [2.24, 2.45) is 17.8 Å². The predicted octanol–water partition coefficient (Wildman–Crippen LogP) is 2.52. The summed E-state index contributed by atoms with van der Waals surface area (Å²) in [6, 6.07) is 14.0. The Balaban J connectivity index is 1.33. The van der Waals surface area contributed by atoms with Crippen molar-refractivity contribution in [3.63, 3.8) is 0 Å². The Kier molecular flexibility index (Phi) is 9.04. The summed E-state index contributed by atoms with van der Waals surface area (Å²) in [5.74, 6) is -4.12. The Labute approximate surface area is 289 Å². The molecule has 3 aromatic rings. The van der Waals surface area contributed by atoms with E-state index in [9.17, 15) is 19.5 Å². The van der Waals surface area contributed by atoms with Gasteiger partial charge in [0.2, 0.25) is 11.8 Å². The molecular formula is C37H42N6O7. The summed E-state index contributed by atoms with van der Waals surface area (Å²) in [5.41, 5.74) is 0.587. The summed E-state index contributed by atoms with van der Waals surface area (Å²) in [5, 5.41) is 22.2. The standard InChI is InChI=1S/C37H42N6O7/c1-22(2)27(20-44)43-33-35(47)41(21-42-26-15-10-9-14-25(26)39-40-42)19-11-5-8-16-29(45)38-23(3)32(24-12-6-4-7-13-24)49-36(48)30-28-17-18-37(33,50-28)31(30)34(43)46/h4-7,9-15,17-18,22-23,27-28,30-33,44H,8,16,19-21H2,1-3H3,(H,38,45)/b11-5-/t23-,27+,28+,30-,31-,32+,33+,37-/m1/s1. The van der Waals surface area contributed by atoms with Crippen LogP contribution in [-0.2, 0) is 35.3 Å². The van der Waals surface area contributed by atoms with Crippen molar-refractivity contribution in [3.8, 4) is 0 Å². The van der Waals surface area contributed by atoms with Gasteiger partial charge in [-0.15, -0.1) is 5.10 Å². The number of aliphatic hydroxyl groups excluding tert-OH is 1. The fraction of sp³-hybridized carbons (Fsp3) is 0.459. The van der Waals surface area contributed by atoms with Gasteiger partial charge in [-0.25, -0.2) is 4.68 Å². The Morgan fingerprint density at radius 1 is 1.02 bits per heavy atom. The van der Waals surface area contributed by atoms with Crippen molar-refractivity contribution in [1.82, 2.24) is 30.1 Å². The van der Waals surface area contributed by atoms with E-state index in [-0.39, 0.29) is 38.1 Å². The Bertz CT molecular complexity index is 1840. The highest BCUT2D eigenvalue weighted by molar-refractivity contribution is 5.99. The molecule has 8 atom stereocenters.